The van der Waals surface area contributed by atoms with Gasteiger partial charge in [0.25, 0.3) is 6.01 Å². The Morgan fingerprint density at radius 2 is 1.78 bits per heavy atom. The number of fused-ring (bicyclic) bond motifs is 1. The Morgan fingerprint density at radius 1 is 0.976 bits per heavy atom. The van der Waals surface area contributed by atoms with Crippen LogP contribution in [0.2, 0.25) is 0 Å². The zero-order valence-electron chi connectivity index (χ0n) is 21.8. The molecule has 0 aliphatic carbocycles. The van der Waals surface area contributed by atoms with Crippen LogP contribution in [0.5, 0.6) is 17.5 Å². The second kappa shape index (κ2) is 10.9. The third-order valence-corrected chi connectivity index (χ3v) is 6.45. The van der Waals surface area contributed by atoms with Gasteiger partial charge in [-0.2, -0.15) is 10.2 Å². The molecule has 2 heterocycles. The van der Waals surface area contributed by atoms with Crippen molar-refractivity contribution in [1.82, 2.24) is 30.2 Å². The van der Waals surface area contributed by atoms with Crippen LogP contribution in [0.15, 0.2) is 84.9 Å². The molecule has 10 nitrogen and oxygen atoms in total. The number of rotatable bonds is 9. The lowest BCUT2D eigenvalue weighted by atomic mass is 9.97. The van der Waals surface area contributed by atoms with Crippen molar-refractivity contribution in [3.8, 4) is 40.0 Å². The van der Waals surface area contributed by atoms with E-state index in [0.717, 1.165) is 22.3 Å². The fraction of sp³-hybridized carbons (Fsp3) is 0.100. The second-order valence-corrected chi connectivity index (χ2v) is 9.09. The van der Waals surface area contributed by atoms with Crippen LogP contribution in [0.25, 0.3) is 33.5 Å². The first kappa shape index (κ1) is 25.7. The van der Waals surface area contributed by atoms with Gasteiger partial charge in [0.05, 0.1) is 29.7 Å². The zero-order valence-corrected chi connectivity index (χ0v) is 21.8. The number of halogens is 1. The van der Waals surface area contributed by atoms with E-state index in [1.807, 2.05) is 43.3 Å². The summed E-state index contributed by atoms with van der Waals surface area (Å²) in [5, 5.41) is 24.2. The minimum atomic E-state index is -1.04. The van der Waals surface area contributed by atoms with Crippen LogP contribution in [0.1, 0.15) is 22.8 Å². The Bertz CT molecular complexity index is 1850. The zero-order chi connectivity index (χ0) is 28.3. The van der Waals surface area contributed by atoms with Gasteiger partial charge in [0.2, 0.25) is 5.82 Å². The summed E-state index contributed by atoms with van der Waals surface area (Å²) in [5.41, 5.74) is 4.45. The van der Waals surface area contributed by atoms with Crippen LogP contribution in [-0.4, -0.2) is 47.9 Å². The molecule has 6 rings (SSSR count). The second-order valence-electron chi connectivity index (χ2n) is 9.09. The molecule has 0 bridgehead atoms. The number of carboxylic acids is 1. The molecule has 0 amide bonds. The summed E-state index contributed by atoms with van der Waals surface area (Å²) in [6.07, 6.45) is 0. The number of carbonyl (C=O) groups is 1. The molecule has 41 heavy (non-hydrogen) atoms. The van der Waals surface area contributed by atoms with Crippen LogP contribution in [0, 0.1) is 5.82 Å². The smallest absolute Gasteiger partial charge is 0.337 e. The number of nitrogens with one attached hydrogen (secondary N) is 1. The predicted octanol–water partition coefficient (Wildman–Crippen LogP) is 5.96. The molecule has 0 atom stereocenters. The van der Waals surface area contributed by atoms with Gasteiger partial charge in [0.15, 0.2) is 0 Å². The quantitative estimate of drug-likeness (QED) is 0.226. The lowest BCUT2D eigenvalue weighted by Crippen LogP contribution is -2.08. The molecule has 6 aromatic rings. The number of para-hydroxylation sites is 1. The third kappa shape index (κ3) is 5.20. The number of H-pyrrole nitrogens is 1. The number of carboxylic acid groups (broad SMARTS) is 1. The number of tetrazole rings is 1. The predicted molar refractivity (Wildman–Crippen MR) is 148 cm³/mol. The van der Waals surface area contributed by atoms with Crippen molar-refractivity contribution in [2.24, 2.45) is 0 Å². The van der Waals surface area contributed by atoms with Gasteiger partial charge in [0, 0.05) is 11.6 Å². The number of aromatic amines is 1. The Hall–Kier alpha value is -5.58. The maximum absolute atomic E-state index is 13.7. The summed E-state index contributed by atoms with van der Waals surface area (Å²) in [4.78, 5) is 16.5. The first-order chi connectivity index (χ1) is 20.0. The topological polar surface area (TPSA) is 128 Å². The number of ether oxygens (including phenoxy) is 2. The van der Waals surface area contributed by atoms with Crippen LogP contribution in [-0.2, 0) is 6.54 Å². The Morgan fingerprint density at radius 3 is 2.51 bits per heavy atom. The fourth-order valence-corrected chi connectivity index (χ4v) is 4.66. The van der Waals surface area contributed by atoms with Gasteiger partial charge in [-0.15, -0.1) is 10.2 Å². The van der Waals surface area contributed by atoms with Crippen molar-refractivity contribution in [3.05, 3.63) is 102 Å². The minimum absolute atomic E-state index is 0.150. The number of aromatic nitrogens is 6. The lowest BCUT2D eigenvalue weighted by Gasteiger charge is -2.13. The lowest BCUT2D eigenvalue weighted by molar-refractivity contribution is 0.0698. The monoisotopic (exact) mass is 550 g/mol. The van der Waals surface area contributed by atoms with Crippen molar-refractivity contribution in [2.45, 2.75) is 13.5 Å². The molecule has 0 aliphatic rings. The molecule has 0 unspecified atom stereocenters. The summed E-state index contributed by atoms with van der Waals surface area (Å²) in [5.74, 6) is -0.139. The molecule has 204 valence electrons. The van der Waals surface area contributed by atoms with Crippen molar-refractivity contribution < 1.29 is 23.8 Å². The highest BCUT2D eigenvalue weighted by molar-refractivity contribution is 6.01. The van der Waals surface area contributed by atoms with E-state index in [4.69, 9.17) is 9.47 Å². The summed E-state index contributed by atoms with van der Waals surface area (Å²) in [6.45, 7) is 2.58. The first-order valence-corrected chi connectivity index (χ1v) is 12.8. The summed E-state index contributed by atoms with van der Waals surface area (Å²) in [6, 6.07) is 24.5. The van der Waals surface area contributed by atoms with Gasteiger partial charge in [-0.05, 0) is 71.3 Å². The molecule has 0 spiro atoms. The van der Waals surface area contributed by atoms with Crippen LogP contribution in [0.3, 0.4) is 0 Å². The summed E-state index contributed by atoms with van der Waals surface area (Å²) >= 11 is 0. The van der Waals surface area contributed by atoms with Gasteiger partial charge < -0.3 is 14.6 Å². The molecular weight excluding hydrogens is 527 g/mol. The first-order valence-electron chi connectivity index (χ1n) is 12.8. The molecule has 4 aromatic carbocycles. The van der Waals surface area contributed by atoms with Gasteiger partial charge in [0.1, 0.15) is 17.3 Å². The van der Waals surface area contributed by atoms with E-state index in [1.54, 1.807) is 41.0 Å². The number of hydrogen-bond acceptors (Lipinski definition) is 7. The highest BCUT2D eigenvalue weighted by Crippen LogP contribution is 2.35. The van der Waals surface area contributed by atoms with E-state index in [1.165, 1.54) is 12.1 Å². The van der Waals surface area contributed by atoms with E-state index in [2.05, 4.69) is 25.6 Å². The Labute approximate surface area is 233 Å². The molecule has 2 N–H and O–H groups in total. The average Bonchev–Trinajstić information content (AvgIpc) is 3.62. The van der Waals surface area contributed by atoms with Crippen LogP contribution in [0.4, 0.5) is 4.39 Å². The largest absolute Gasteiger partial charge is 0.478 e. The maximum atomic E-state index is 13.7. The van der Waals surface area contributed by atoms with Gasteiger partial charge in [-0.3, -0.25) is 4.57 Å². The van der Waals surface area contributed by atoms with Crippen molar-refractivity contribution in [2.75, 3.05) is 6.61 Å². The minimum Gasteiger partial charge on any atom is -0.478 e. The maximum Gasteiger partial charge on any atom is 0.337 e. The standard InChI is InChI=1S/C30H23FN6O4/c1-2-40-30-32-26-8-4-7-24(29(38)39)27(26)37(30)17-18-9-11-19(12-10-18)25-16-22(41-21-6-3-5-20(31)15-21)13-14-23(25)28-33-35-36-34-28/h3-16H,2,17H2,1H3,(H,38,39)(H,33,34,35,36). The van der Waals surface area contributed by atoms with E-state index in [0.29, 0.717) is 47.5 Å². The highest BCUT2D eigenvalue weighted by Gasteiger charge is 2.19. The number of hydrogen-bond donors (Lipinski definition) is 2. The van der Waals surface area contributed by atoms with Crippen LogP contribution < -0.4 is 9.47 Å². The van der Waals surface area contributed by atoms with E-state index in [9.17, 15) is 14.3 Å². The summed E-state index contributed by atoms with van der Waals surface area (Å²) in [7, 11) is 0. The summed E-state index contributed by atoms with van der Waals surface area (Å²) < 4.78 is 27.1. The van der Waals surface area contributed by atoms with Gasteiger partial charge in [-0.1, -0.05) is 36.4 Å². The number of aromatic carboxylic acids is 1. The average molecular weight is 551 g/mol. The molecule has 0 fully saturated rings. The Balaban J connectivity index is 1.37. The van der Waals surface area contributed by atoms with Crippen LogP contribution >= 0.6 is 0 Å². The SMILES string of the molecule is CCOc1nc2cccc(C(=O)O)c2n1Cc1ccc(-c2cc(Oc3cccc(F)c3)ccc2-c2nn[nH]n2)cc1. The fourth-order valence-electron chi connectivity index (χ4n) is 4.66. The van der Waals surface area contributed by atoms with Crippen molar-refractivity contribution in [1.29, 1.82) is 0 Å². The molecule has 2 aromatic heterocycles. The van der Waals surface area contributed by atoms with Crippen molar-refractivity contribution >= 4 is 17.0 Å². The van der Waals surface area contributed by atoms with E-state index >= 15 is 0 Å². The molecular formula is C30H23FN6O4. The Kier molecular flexibility index (Phi) is 6.82. The highest BCUT2D eigenvalue weighted by atomic mass is 19.1. The third-order valence-electron chi connectivity index (χ3n) is 6.45. The molecule has 0 radical (unpaired) electrons. The molecule has 0 saturated carbocycles. The number of benzene rings is 4. The molecule has 11 heteroatoms. The number of imidazole rings is 1. The van der Waals surface area contributed by atoms with E-state index < -0.39 is 11.8 Å². The molecule has 0 aliphatic heterocycles. The normalized spacial score (nSPS) is 11.1. The van der Waals surface area contributed by atoms with Crippen molar-refractivity contribution in [3.63, 3.8) is 0 Å². The van der Waals surface area contributed by atoms with Gasteiger partial charge in [-0.25, -0.2) is 9.18 Å². The van der Waals surface area contributed by atoms with E-state index in [-0.39, 0.29) is 5.56 Å². The number of nitrogens with zero attached hydrogens (tertiary/aromatic N) is 5. The molecule has 0 saturated heterocycles. The van der Waals surface area contributed by atoms with Gasteiger partial charge >= 0.3 is 5.97 Å².